The first-order valence-corrected chi connectivity index (χ1v) is 3.36. The molecule has 0 aliphatic rings. The van der Waals surface area contributed by atoms with E-state index in [1.807, 2.05) is 0 Å². The fraction of sp³-hybridized carbons (Fsp3) is 0.250. The normalized spacial score (nSPS) is 11.8. The van der Waals surface area contributed by atoms with E-state index in [2.05, 4.69) is 0 Å². The van der Waals surface area contributed by atoms with Crippen molar-refractivity contribution in [2.75, 3.05) is 0 Å². The Morgan fingerprint density at radius 1 is 1.15 bits per heavy atom. The first kappa shape index (κ1) is 9.95. The molecule has 5 heteroatoms. The lowest BCUT2D eigenvalue weighted by atomic mass is 10.1. The smallest absolute Gasteiger partial charge is 0.246 e. The maximum Gasteiger partial charge on any atom is 0.416 e. The molecule has 0 saturated heterocycles. The fourth-order valence-corrected chi connectivity index (χ4v) is 0.929. The van der Waals surface area contributed by atoms with Crippen LogP contribution in [0.25, 0.3) is 0 Å². The van der Waals surface area contributed by atoms with Gasteiger partial charge in [0.25, 0.3) is 0 Å². The number of rotatable bonds is 1. The van der Waals surface area contributed by atoms with Crippen LogP contribution in [0.15, 0.2) is 18.2 Å². The Morgan fingerprint density at radius 2 is 1.77 bits per heavy atom. The highest BCUT2D eigenvalue weighted by Crippen LogP contribution is 2.32. The zero-order chi connectivity index (χ0) is 10.1. The zero-order valence-electron chi connectivity index (χ0n) is 6.33. The van der Waals surface area contributed by atoms with Crippen LogP contribution >= 0.6 is 0 Å². The summed E-state index contributed by atoms with van der Waals surface area (Å²) in [5.74, 6) is -1.02. The molecule has 0 fully saturated rings. The van der Waals surface area contributed by atoms with E-state index in [9.17, 15) is 22.0 Å². The van der Waals surface area contributed by atoms with Gasteiger partial charge in [0.1, 0.15) is 12.5 Å². The lowest BCUT2D eigenvalue weighted by Crippen LogP contribution is -2.08. The van der Waals surface area contributed by atoms with Gasteiger partial charge in [-0.1, -0.05) is 6.07 Å². The van der Waals surface area contributed by atoms with Gasteiger partial charge in [-0.15, -0.1) is 0 Å². The van der Waals surface area contributed by atoms with Crippen LogP contribution in [0.4, 0.5) is 22.0 Å². The van der Waals surface area contributed by atoms with Crippen molar-refractivity contribution in [1.82, 2.24) is 0 Å². The minimum Gasteiger partial charge on any atom is -0.246 e. The number of benzene rings is 1. The van der Waals surface area contributed by atoms with E-state index < -0.39 is 29.8 Å². The van der Waals surface area contributed by atoms with Gasteiger partial charge in [0.2, 0.25) is 0 Å². The summed E-state index contributed by atoms with van der Waals surface area (Å²) in [5, 5.41) is 0. The largest absolute Gasteiger partial charge is 0.416 e. The highest BCUT2D eigenvalue weighted by atomic mass is 19.4. The summed E-state index contributed by atoms with van der Waals surface area (Å²) < 4.78 is 60.7. The second-order valence-electron chi connectivity index (χ2n) is 2.43. The molecule has 0 N–H and O–H groups in total. The van der Waals surface area contributed by atoms with Crippen molar-refractivity contribution >= 4 is 0 Å². The van der Waals surface area contributed by atoms with Gasteiger partial charge < -0.3 is 0 Å². The third kappa shape index (κ3) is 2.17. The van der Waals surface area contributed by atoms with Gasteiger partial charge in [-0.25, -0.2) is 8.78 Å². The van der Waals surface area contributed by atoms with Gasteiger partial charge in [0.15, 0.2) is 0 Å². The first-order chi connectivity index (χ1) is 5.95. The summed E-state index contributed by atoms with van der Waals surface area (Å²) >= 11 is 0. The molecular weight excluding hydrogens is 191 g/mol. The SMILES string of the molecule is FCc1ccc(F)cc1C(F)(F)F. The molecule has 13 heavy (non-hydrogen) atoms. The molecule has 0 amide bonds. The van der Waals surface area contributed by atoms with E-state index in [1.54, 1.807) is 0 Å². The van der Waals surface area contributed by atoms with Crippen molar-refractivity contribution in [2.24, 2.45) is 0 Å². The van der Waals surface area contributed by atoms with Crippen LogP contribution in [0.3, 0.4) is 0 Å². The third-order valence-electron chi connectivity index (χ3n) is 1.52. The van der Waals surface area contributed by atoms with Crippen LogP contribution < -0.4 is 0 Å². The quantitative estimate of drug-likeness (QED) is 0.604. The number of hydrogen-bond acceptors (Lipinski definition) is 0. The maximum absolute atomic E-state index is 12.4. The number of alkyl halides is 4. The molecule has 0 spiro atoms. The molecule has 0 atom stereocenters. The van der Waals surface area contributed by atoms with E-state index in [0.717, 1.165) is 12.1 Å². The lowest BCUT2D eigenvalue weighted by molar-refractivity contribution is -0.138. The predicted octanol–water partition coefficient (Wildman–Crippen LogP) is 3.31. The average Bonchev–Trinajstić information content (AvgIpc) is 2.03. The third-order valence-corrected chi connectivity index (χ3v) is 1.52. The van der Waals surface area contributed by atoms with E-state index >= 15 is 0 Å². The lowest BCUT2D eigenvalue weighted by Gasteiger charge is -2.09. The zero-order valence-corrected chi connectivity index (χ0v) is 6.33. The summed E-state index contributed by atoms with van der Waals surface area (Å²) in [5.41, 5.74) is -1.80. The van der Waals surface area contributed by atoms with Gasteiger partial charge in [-0.3, -0.25) is 0 Å². The van der Waals surface area contributed by atoms with Crippen LogP contribution in [0.5, 0.6) is 0 Å². The van der Waals surface area contributed by atoms with Crippen molar-refractivity contribution in [3.63, 3.8) is 0 Å². The topological polar surface area (TPSA) is 0 Å². The standard InChI is InChI=1S/C8H5F5/c9-4-5-1-2-6(10)3-7(5)8(11,12)13/h1-3H,4H2. The summed E-state index contributed by atoms with van der Waals surface area (Å²) in [6, 6.07) is 1.87. The van der Waals surface area contributed by atoms with E-state index in [0.29, 0.717) is 0 Å². The minimum atomic E-state index is -4.70. The Morgan fingerprint density at radius 3 is 2.23 bits per heavy atom. The first-order valence-electron chi connectivity index (χ1n) is 3.36. The fourth-order valence-electron chi connectivity index (χ4n) is 0.929. The molecule has 1 aromatic rings. The highest BCUT2D eigenvalue weighted by molar-refractivity contribution is 5.29. The predicted molar refractivity (Wildman–Crippen MR) is 36.2 cm³/mol. The van der Waals surface area contributed by atoms with Gasteiger partial charge >= 0.3 is 6.18 Å². The Labute approximate surface area is 71.0 Å². The highest BCUT2D eigenvalue weighted by Gasteiger charge is 2.33. The maximum atomic E-state index is 12.4. The van der Waals surface area contributed by atoms with Crippen LogP contribution in [0.2, 0.25) is 0 Å². The molecule has 0 bridgehead atoms. The Bertz CT molecular complexity index is 302. The summed E-state index contributed by atoms with van der Waals surface area (Å²) in [6.07, 6.45) is -4.70. The molecule has 0 heterocycles. The van der Waals surface area contributed by atoms with E-state index in [-0.39, 0.29) is 6.07 Å². The van der Waals surface area contributed by atoms with Crippen LogP contribution in [-0.4, -0.2) is 0 Å². The summed E-state index contributed by atoms with van der Waals surface area (Å²) in [4.78, 5) is 0. The molecule has 0 unspecified atom stereocenters. The van der Waals surface area contributed by atoms with Crippen LogP contribution in [-0.2, 0) is 12.9 Å². The second kappa shape index (κ2) is 3.32. The Hall–Kier alpha value is -1.13. The van der Waals surface area contributed by atoms with E-state index in [4.69, 9.17) is 0 Å². The van der Waals surface area contributed by atoms with Crippen LogP contribution in [0.1, 0.15) is 11.1 Å². The molecule has 0 radical (unpaired) electrons. The second-order valence-corrected chi connectivity index (χ2v) is 2.43. The minimum absolute atomic E-state index is 0.287. The van der Waals surface area contributed by atoms with Gasteiger partial charge in [-0.05, 0) is 17.7 Å². The molecule has 1 aromatic carbocycles. The van der Waals surface area contributed by atoms with Crippen molar-refractivity contribution in [3.05, 3.63) is 35.1 Å². The molecule has 0 aliphatic heterocycles. The van der Waals surface area contributed by atoms with Gasteiger partial charge in [0.05, 0.1) is 5.56 Å². The summed E-state index contributed by atoms with van der Waals surface area (Å²) in [7, 11) is 0. The molecule has 72 valence electrons. The Balaban J connectivity index is 3.24. The van der Waals surface area contributed by atoms with Gasteiger partial charge in [-0.2, -0.15) is 13.2 Å². The van der Waals surface area contributed by atoms with Crippen molar-refractivity contribution < 1.29 is 22.0 Å². The molecule has 0 aliphatic carbocycles. The molecule has 0 saturated carbocycles. The summed E-state index contributed by atoms with van der Waals surface area (Å²) in [6.45, 7) is -1.25. The molecule has 0 nitrogen and oxygen atoms in total. The van der Waals surface area contributed by atoms with E-state index in [1.165, 1.54) is 0 Å². The van der Waals surface area contributed by atoms with Gasteiger partial charge in [0, 0.05) is 0 Å². The molecular formula is C8H5F5. The molecule has 1 rings (SSSR count). The van der Waals surface area contributed by atoms with Crippen molar-refractivity contribution in [1.29, 1.82) is 0 Å². The van der Waals surface area contributed by atoms with Crippen molar-refractivity contribution in [3.8, 4) is 0 Å². The van der Waals surface area contributed by atoms with Crippen LogP contribution in [0, 0.1) is 5.82 Å². The number of halogens is 5. The monoisotopic (exact) mass is 196 g/mol. The molecule has 0 aromatic heterocycles. The Kier molecular flexibility index (Phi) is 2.54. The van der Waals surface area contributed by atoms with Crippen molar-refractivity contribution in [2.45, 2.75) is 12.9 Å². The number of hydrogen-bond donors (Lipinski definition) is 0. The average molecular weight is 196 g/mol.